The van der Waals surface area contributed by atoms with Crippen LogP contribution in [-0.2, 0) is 22.9 Å². The van der Waals surface area contributed by atoms with E-state index in [0.717, 1.165) is 45.2 Å². The minimum Gasteiger partial charge on any atom is -0.317 e. The van der Waals surface area contributed by atoms with Crippen molar-refractivity contribution in [2.75, 3.05) is 13.1 Å². The molecular formula is C15H23ClN2O2S. The lowest BCUT2D eigenvalue weighted by Gasteiger charge is -2.24. The molecule has 2 aliphatic rings. The summed E-state index contributed by atoms with van der Waals surface area (Å²) in [6, 6.07) is 5.69. The summed E-state index contributed by atoms with van der Waals surface area (Å²) >= 11 is 0. The number of sulfonamides is 1. The fourth-order valence-corrected chi connectivity index (χ4v) is 4.46. The van der Waals surface area contributed by atoms with Gasteiger partial charge in [0.1, 0.15) is 0 Å². The van der Waals surface area contributed by atoms with Crippen molar-refractivity contribution in [2.45, 2.75) is 49.5 Å². The molecule has 1 aliphatic heterocycles. The molecule has 0 unspecified atom stereocenters. The number of benzene rings is 1. The average molecular weight is 331 g/mol. The van der Waals surface area contributed by atoms with Crippen molar-refractivity contribution in [2.24, 2.45) is 0 Å². The van der Waals surface area contributed by atoms with Gasteiger partial charge in [-0.25, -0.2) is 13.1 Å². The lowest BCUT2D eigenvalue weighted by atomic mass is 9.92. The summed E-state index contributed by atoms with van der Waals surface area (Å²) in [5.74, 6) is 0. The van der Waals surface area contributed by atoms with E-state index >= 15 is 0 Å². The van der Waals surface area contributed by atoms with Crippen LogP contribution in [0.4, 0.5) is 0 Å². The van der Waals surface area contributed by atoms with E-state index in [0.29, 0.717) is 4.90 Å². The maximum absolute atomic E-state index is 12.5. The molecule has 1 fully saturated rings. The van der Waals surface area contributed by atoms with E-state index in [1.165, 1.54) is 17.5 Å². The molecule has 118 valence electrons. The third kappa shape index (κ3) is 3.97. The van der Waals surface area contributed by atoms with Gasteiger partial charge >= 0.3 is 0 Å². The SMILES string of the molecule is Cl.O=S(=O)(NC1CCNCC1)c1ccc2c(c1)CCCC2. The van der Waals surface area contributed by atoms with Crippen molar-refractivity contribution in [1.82, 2.24) is 10.0 Å². The van der Waals surface area contributed by atoms with Gasteiger partial charge in [-0.05, 0) is 74.9 Å². The van der Waals surface area contributed by atoms with Gasteiger partial charge in [-0.3, -0.25) is 0 Å². The number of fused-ring (bicyclic) bond motifs is 1. The first-order chi connectivity index (χ1) is 9.65. The molecule has 21 heavy (non-hydrogen) atoms. The Balaban J connectivity index is 0.00000161. The maximum atomic E-state index is 12.5. The van der Waals surface area contributed by atoms with E-state index in [1.807, 2.05) is 12.1 Å². The Hall–Kier alpha value is -0.620. The van der Waals surface area contributed by atoms with Gasteiger partial charge < -0.3 is 5.32 Å². The second-order valence-corrected chi connectivity index (χ2v) is 7.50. The second-order valence-electron chi connectivity index (χ2n) is 5.78. The van der Waals surface area contributed by atoms with Gasteiger partial charge in [-0.2, -0.15) is 0 Å². The zero-order chi connectivity index (χ0) is 14.0. The second kappa shape index (κ2) is 7.09. The van der Waals surface area contributed by atoms with Crippen LogP contribution >= 0.6 is 12.4 Å². The minimum absolute atomic E-state index is 0. The summed E-state index contributed by atoms with van der Waals surface area (Å²) in [4.78, 5) is 0.427. The first kappa shape index (κ1) is 16.7. The van der Waals surface area contributed by atoms with Crippen LogP contribution in [0, 0.1) is 0 Å². The molecule has 2 N–H and O–H groups in total. The van der Waals surface area contributed by atoms with Gasteiger partial charge in [0.15, 0.2) is 0 Å². The van der Waals surface area contributed by atoms with Gasteiger partial charge in [0.25, 0.3) is 0 Å². The van der Waals surface area contributed by atoms with Crippen molar-refractivity contribution in [3.8, 4) is 0 Å². The Bertz CT molecular complexity index is 583. The number of hydrogen-bond donors (Lipinski definition) is 2. The minimum atomic E-state index is -3.37. The number of aryl methyl sites for hydroxylation is 2. The van der Waals surface area contributed by atoms with Crippen LogP contribution in [0.5, 0.6) is 0 Å². The van der Waals surface area contributed by atoms with Crippen LogP contribution in [0.25, 0.3) is 0 Å². The summed E-state index contributed by atoms with van der Waals surface area (Å²) < 4.78 is 27.8. The quantitative estimate of drug-likeness (QED) is 0.891. The number of nitrogens with one attached hydrogen (secondary N) is 2. The van der Waals surface area contributed by atoms with Crippen molar-refractivity contribution >= 4 is 22.4 Å². The van der Waals surface area contributed by atoms with Gasteiger partial charge in [0.2, 0.25) is 10.0 Å². The number of piperidine rings is 1. The predicted octanol–water partition coefficient (Wildman–Crippen LogP) is 2.02. The highest BCUT2D eigenvalue weighted by atomic mass is 35.5. The molecule has 0 amide bonds. The number of hydrogen-bond acceptors (Lipinski definition) is 3. The van der Waals surface area contributed by atoms with E-state index in [4.69, 9.17) is 0 Å². The van der Waals surface area contributed by atoms with E-state index < -0.39 is 10.0 Å². The molecule has 6 heteroatoms. The van der Waals surface area contributed by atoms with Gasteiger partial charge in [-0.1, -0.05) is 6.07 Å². The average Bonchev–Trinajstić information content (AvgIpc) is 2.47. The molecule has 0 aromatic heterocycles. The Morgan fingerprint density at radius 2 is 1.71 bits per heavy atom. The Morgan fingerprint density at radius 1 is 1.05 bits per heavy atom. The zero-order valence-corrected chi connectivity index (χ0v) is 13.7. The summed E-state index contributed by atoms with van der Waals surface area (Å²) in [5, 5.41) is 3.25. The van der Waals surface area contributed by atoms with Crippen molar-refractivity contribution in [3.05, 3.63) is 29.3 Å². The highest BCUT2D eigenvalue weighted by Crippen LogP contribution is 2.24. The van der Waals surface area contributed by atoms with Gasteiger partial charge in [0, 0.05) is 6.04 Å². The van der Waals surface area contributed by atoms with Crippen molar-refractivity contribution in [1.29, 1.82) is 0 Å². The summed E-state index contributed by atoms with van der Waals surface area (Å²) in [6.45, 7) is 1.77. The third-order valence-corrected chi connectivity index (χ3v) is 5.81. The lowest BCUT2D eigenvalue weighted by molar-refractivity contribution is 0.427. The Labute approximate surface area is 133 Å². The van der Waals surface area contributed by atoms with E-state index in [2.05, 4.69) is 10.0 Å². The Morgan fingerprint density at radius 3 is 2.43 bits per heavy atom. The van der Waals surface area contributed by atoms with Crippen LogP contribution < -0.4 is 10.0 Å². The fourth-order valence-electron chi connectivity index (χ4n) is 3.10. The first-order valence-corrected chi connectivity index (χ1v) is 8.98. The largest absolute Gasteiger partial charge is 0.317 e. The normalized spacial score (nSPS) is 19.6. The molecule has 0 spiro atoms. The van der Waals surface area contributed by atoms with Crippen LogP contribution in [-0.4, -0.2) is 27.5 Å². The van der Waals surface area contributed by atoms with Crippen LogP contribution in [0.3, 0.4) is 0 Å². The monoisotopic (exact) mass is 330 g/mol. The molecule has 1 aromatic rings. The topological polar surface area (TPSA) is 58.2 Å². The Kier molecular flexibility index (Phi) is 5.66. The molecule has 4 nitrogen and oxygen atoms in total. The lowest BCUT2D eigenvalue weighted by Crippen LogP contribution is -2.42. The summed E-state index contributed by atoms with van der Waals surface area (Å²) in [6.07, 6.45) is 6.20. The molecule has 1 heterocycles. The van der Waals surface area contributed by atoms with Crippen LogP contribution in [0.1, 0.15) is 36.8 Å². The molecule has 0 radical (unpaired) electrons. The van der Waals surface area contributed by atoms with Gasteiger partial charge in [0.05, 0.1) is 4.90 Å². The molecular weight excluding hydrogens is 308 g/mol. The van der Waals surface area contributed by atoms with Crippen molar-refractivity contribution in [3.63, 3.8) is 0 Å². The van der Waals surface area contributed by atoms with Crippen LogP contribution in [0.15, 0.2) is 23.1 Å². The molecule has 1 aromatic carbocycles. The van der Waals surface area contributed by atoms with Crippen molar-refractivity contribution < 1.29 is 8.42 Å². The van der Waals surface area contributed by atoms with Gasteiger partial charge in [-0.15, -0.1) is 12.4 Å². The third-order valence-electron chi connectivity index (χ3n) is 4.29. The molecule has 1 aliphatic carbocycles. The predicted molar refractivity (Wildman–Crippen MR) is 86.5 cm³/mol. The maximum Gasteiger partial charge on any atom is 0.240 e. The summed E-state index contributed by atoms with van der Waals surface area (Å²) in [5.41, 5.74) is 2.53. The standard InChI is InChI=1S/C15H22N2O2S.ClH/c18-20(19,17-14-7-9-16-10-8-14)15-6-5-12-3-1-2-4-13(12)11-15;/h5-6,11,14,16-17H,1-4,7-10H2;1H. The summed E-state index contributed by atoms with van der Waals surface area (Å²) in [7, 11) is -3.37. The molecule has 0 saturated carbocycles. The van der Waals surface area contributed by atoms with E-state index in [1.54, 1.807) is 6.07 Å². The smallest absolute Gasteiger partial charge is 0.240 e. The van der Waals surface area contributed by atoms with E-state index in [-0.39, 0.29) is 18.4 Å². The number of halogens is 1. The highest BCUT2D eigenvalue weighted by molar-refractivity contribution is 7.89. The van der Waals surface area contributed by atoms with Crippen LogP contribution in [0.2, 0.25) is 0 Å². The van der Waals surface area contributed by atoms with E-state index in [9.17, 15) is 8.42 Å². The molecule has 0 atom stereocenters. The fraction of sp³-hybridized carbons (Fsp3) is 0.600. The highest BCUT2D eigenvalue weighted by Gasteiger charge is 2.22. The molecule has 0 bridgehead atoms. The molecule has 1 saturated heterocycles. The molecule has 3 rings (SSSR count). The number of rotatable bonds is 3. The first-order valence-electron chi connectivity index (χ1n) is 7.50. The zero-order valence-electron chi connectivity index (χ0n) is 12.1.